The summed E-state index contributed by atoms with van der Waals surface area (Å²) in [5.74, 6) is 1.69. The van der Waals surface area contributed by atoms with Crippen molar-refractivity contribution in [1.82, 2.24) is 5.16 Å². The van der Waals surface area contributed by atoms with Gasteiger partial charge >= 0.3 is 0 Å². The van der Waals surface area contributed by atoms with Crippen molar-refractivity contribution in [1.29, 1.82) is 0 Å². The maximum atomic E-state index is 11.9. The molecular formula is C15H19N3O3. The van der Waals surface area contributed by atoms with Crippen molar-refractivity contribution in [2.45, 2.75) is 26.9 Å². The van der Waals surface area contributed by atoms with Crippen molar-refractivity contribution >= 4 is 17.4 Å². The molecule has 0 atom stereocenters. The molecule has 2 aromatic rings. The number of ether oxygens (including phenoxy) is 1. The van der Waals surface area contributed by atoms with E-state index in [0.29, 0.717) is 23.0 Å². The van der Waals surface area contributed by atoms with E-state index in [-0.39, 0.29) is 18.6 Å². The summed E-state index contributed by atoms with van der Waals surface area (Å²) in [6, 6.07) is 9.06. The summed E-state index contributed by atoms with van der Waals surface area (Å²) in [7, 11) is 0. The zero-order valence-electron chi connectivity index (χ0n) is 12.3. The van der Waals surface area contributed by atoms with Gasteiger partial charge in [0.15, 0.2) is 5.82 Å². The van der Waals surface area contributed by atoms with E-state index in [4.69, 9.17) is 9.26 Å². The number of aryl methyl sites for hydroxylation is 1. The van der Waals surface area contributed by atoms with Gasteiger partial charge in [0.1, 0.15) is 11.5 Å². The van der Waals surface area contributed by atoms with Crippen LogP contribution in [0.25, 0.3) is 0 Å². The Bertz CT molecular complexity index is 608. The molecule has 0 aliphatic heterocycles. The lowest BCUT2D eigenvalue weighted by atomic mass is 10.3. The third-order valence-corrected chi connectivity index (χ3v) is 2.58. The van der Waals surface area contributed by atoms with Crippen LogP contribution in [0.15, 0.2) is 34.9 Å². The average molecular weight is 289 g/mol. The van der Waals surface area contributed by atoms with E-state index in [1.165, 1.54) is 0 Å². The molecule has 6 heteroatoms. The van der Waals surface area contributed by atoms with Gasteiger partial charge in [0.2, 0.25) is 5.91 Å². The summed E-state index contributed by atoms with van der Waals surface area (Å²) in [6.07, 6.45) is 0.0410. The van der Waals surface area contributed by atoms with Crippen LogP contribution in [0.3, 0.4) is 0 Å². The number of anilines is 2. The summed E-state index contributed by atoms with van der Waals surface area (Å²) >= 11 is 0. The standard InChI is InChI=1S/C15H19N3O3/c1-10(2)20-13-7-5-4-6-12(13)17-15(19)9-16-14-8-11(3)21-18-14/h4-8,10H,9H2,1-3H3,(H,16,18)(H,17,19). The molecule has 0 bridgehead atoms. The van der Waals surface area contributed by atoms with Gasteiger partial charge in [0.25, 0.3) is 0 Å². The van der Waals surface area contributed by atoms with E-state index in [1.807, 2.05) is 32.0 Å². The molecule has 0 aliphatic rings. The number of hydrogen-bond acceptors (Lipinski definition) is 5. The molecule has 0 saturated heterocycles. The molecule has 0 aliphatic carbocycles. The van der Waals surface area contributed by atoms with Crippen LogP contribution in [0.5, 0.6) is 5.75 Å². The highest BCUT2D eigenvalue weighted by molar-refractivity contribution is 5.94. The third-order valence-electron chi connectivity index (χ3n) is 2.58. The first-order valence-electron chi connectivity index (χ1n) is 6.77. The number of nitrogens with zero attached hydrogens (tertiary/aromatic N) is 1. The number of amides is 1. The van der Waals surface area contributed by atoms with Crippen molar-refractivity contribution in [3.8, 4) is 5.75 Å². The Balaban J connectivity index is 1.93. The van der Waals surface area contributed by atoms with Gasteiger partial charge in [0.05, 0.1) is 18.3 Å². The van der Waals surface area contributed by atoms with Gasteiger partial charge in [-0.15, -0.1) is 0 Å². The second kappa shape index (κ2) is 6.78. The Kier molecular flexibility index (Phi) is 4.81. The molecule has 1 amide bonds. The highest BCUT2D eigenvalue weighted by Gasteiger charge is 2.09. The van der Waals surface area contributed by atoms with E-state index in [0.717, 1.165) is 0 Å². The van der Waals surface area contributed by atoms with Crippen LogP contribution < -0.4 is 15.4 Å². The number of carbonyl (C=O) groups excluding carboxylic acids is 1. The lowest BCUT2D eigenvalue weighted by Gasteiger charge is -2.14. The third kappa shape index (κ3) is 4.52. The highest BCUT2D eigenvalue weighted by Crippen LogP contribution is 2.24. The quantitative estimate of drug-likeness (QED) is 0.855. The van der Waals surface area contributed by atoms with Crippen molar-refractivity contribution in [2.24, 2.45) is 0 Å². The molecular weight excluding hydrogens is 270 g/mol. The molecule has 1 heterocycles. The number of aromatic nitrogens is 1. The van der Waals surface area contributed by atoms with Crippen LogP contribution in [-0.4, -0.2) is 23.7 Å². The van der Waals surface area contributed by atoms with Gasteiger partial charge in [-0.2, -0.15) is 0 Å². The molecule has 0 unspecified atom stereocenters. The maximum absolute atomic E-state index is 11.9. The highest BCUT2D eigenvalue weighted by atomic mass is 16.5. The Morgan fingerprint density at radius 3 is 2.81 bits per heavy atom. The van der Waals surface area contributed by atoms with E-state index < -0.39 is 0 Å². The minimum Gasteiger partial charge on any atom is -0.489 e. The van der Waals surface area contributed by atoms with Gasteiger partial charge in [-0.25, -0.2) is 0 Å². The second-order valence-corrected chi connectivity index (χ2v) is 4.89. The number of nitrogens with one attached hydrogen (secondary N) is 2. The summed E-state index contributed by atoms with van der Waals surface area (Å²) in [5, 5.41) is 9.46. The molecule has 1 aromatic carbocycles. The zero-order chi connectivity index (χ0) is 15.2. The molecule has 2 rings (SSSR count). The fourth-order valence-corrected chi connectivity index (χ4v) is 1.74. The van der Waals surface area contributed by atoms with Gasteiger partial charge in [0, 0.05) is 6.07 Å². The SMILES string of the molecule is Cc1cc(NCC(=O)Nc2ccccc2OC(C)C)no1. The van der Waals surface area contributed by atoms with Crippen molar-refractivity contribution in [2.75, 3.05) is 17.2 Å². The minimum atomic E-state index is -0.185. The number of carbonyl (C=O) groups is 1. The van der Waals surface area contributed by atoms with E-state index >= 15 is 0 Å². The van der Waals surface area contributed by atoms with Crippen LogP contribution in [0.1, 0.15) is 19.6 Å². The Labute approximate surface area is 123 Å². The van der Waals surface area contributed by atoms with Crippen LogP contribution in [0.2, 0.25) is 0 Å². The van der Waals surface area contributed by atoms with Gasteiger partial charge in [-0.05, 0) is 32.9 Å². The number of benzene rings is 1. The molecule has 112 valence electrons. The number of para-hydroxylation sites is 2. The van der Waals surface area contributed by atoms with Gasteiger partial charge in [-0.1, -0.05) is 17.3 Å². The molecule has 6 nitrogen and oxygen atoms in total. The normalized spacial score (nSPS) is 10.5. The average Bonchev–Trinajstić information content (AvgIpc) is 2.84. The largest absolute Gasteiger partial charge is 0.489 e. The van der Waals surface area contributed by atoms with Crippen LogP contribution in [0.4, 0.5) is 11.5 Å². The van der Waals surface area contributed by atoms with E-state index in [2.05, 4.69) is 15.8 Å². The van der Waals surface area contributed by atoms with Gasteiger partial charge < -0.3 is 19.9 Å². The van der Waals surface area contributed by atoms with Crippen LogP contribution in [0, 0.1) is 6.92 Å². The van der Waals surface area contributed by atoms with Crippen molar-refractivity contribution < 1.29 is 14.1 Å². The fraction of sp³-hybridized carbons (Fsp3) is 0.333. The van der Waals surface area contributed by atoms with Gasteiger partial charge in [-0.3, -0.25) is 4.79 Å². The maximum Gasteiger partial charge on any atom is 0.243 e. The predicted molar refractivity (Wildman–Crippen MR) is 80.6 cm³/mol. The summed E-state index contributed by atoms with van der Waals surface area (Å²) in [5.41, 5.74) is 0.648. The Morgan fingerprint density at radius 1 is 1.38 bits per heavy atom. The fourth-order valence-electron chi connectivity index (χ4n) is 1.74. The molecule has 21 heavy (non-hydrogen) atoms. The zero-order valence-corrected chi connectivity index (χ0v) is 12.3. The topological polar surface area (TPSA) is 76.4 Å². The smallest absolute Gasteiger partial charge is 0.243 e. The van der Waals surface area contributed by atoms with Crippen LogP contribution in [-0.2, 0) is 4.79 Å². The summed E-state index contributed by atoms with van der Waals surface area (Å²) < 4.78 is 10.6. The Hall–Kier alpha value is -2.50. The molecule has 0 fully saturated rings. The first kappa shape index (κ1) is 14.9. The van der Waals surface area contributed by atoms with E-state index in [9.17, 15) is 4.79 Å². The molecule has 0 radical (unpaired) electrons. The molecule has 2 N–H and O–H groups in total. The molecule has 1 aromatic heterocycles. The lowest BCUT2D eigenvalue weighted by molar-refractivity contribution is -0.114. The second-order valence-electron chi connectivity index (χ2n) is 4.89. The number of hydrogen-bond donors (Lipinski definition) is 2. The first-order chi connectivity index (χ1) is 10.0. The van der Waals surface area contributed by atoms with Crippen molar-refractivity contribution in [3.05, 3.63) is 36.1 Å². The Morgan fingerprint density at radius 2 is 2.14 bits per heavy atom. The van der Waals surface area contributed by atoms with Crippen molar-refractivity contribution in [3.63, 3.8) is 0 Å². The summed E-state index contributed by atoms with van der Waals surface area (Å²) in [4.78, 5) is 11.9. The lowest BCUT2D eigenvalue weighted by Crippen LogP contribution is -2.22. The molecule has 0 saturated carbocycles. The summed E-state index contributed by atoms with van der Waals surface area (Å²) in [6.45, 7) is 5.76. The minimum absolute atomic E-state index is 0.0410. The first-order valence-corrected chi connectivity index (χ1v) is 6.77. The predicted octanol–water partition coefficient (Wildman–Crippen LogP) is 2.82. The molecule has 0 spiro atoms. The monoisotopic (exact) mass is 289 g/mol. The number of rotatable bonds is 6. The van der Waals surface area contributed by atoms with E-state index in [1.54, 1.807) is 19.1 Å². The van der Waals surface area contributed by atoms with Crippen LogP contribution >= 0.6 is 0 Å².